The Morgan fingerprint density at radius 1 is 1.29 bits per heavy atom. The van der Waals surface area contributed by atoms with Crippen molar-refractivity contribution in [3.63, 3.8) is 0 Å². The molecule has 1 aromatic carbocycles. The molecule has 0 fully saturated rings. The zero-order chi connectivity index (χ0) is 22.2. The average Bonchev–Trinajstić information content (AvgIpc) is 3.23. The predicted octanol–water partition coefficient (Wildman–Crippen LogP) is 4.27. The molecule has 6 nitrogen and oxygen atoms in total. The van der Waals surface area contributed by atoms with E-state index in [0.717, 1.165) is 54.7 Å². The molecule has 2 aromatic heterocycles. The molecule has 0 radical (unpaired) electrons. The summed E-state index contributed by atoms with van der Waals surface area (Å²) in [6.45, 7) is 3.68. The number of nitrogens with two attached hydrogens (primary N) is 1. The highest BCUT2D eigenvalue weighted by Gasteiger charge is 2.36. The molecule has 3 aromatic rings. The Hall–Kier alpha value is -2.98. The number of carbonyl (C=O) groups is 1. The third-order valence-electron chi connectivity index (χ3n) is 5.15. The maximum Gasteiger partial charge on any atom is 0.420 e. The minimum atomic E-state index is -4.64. The quantitative estimate of drug-likeness (QED) is 0.543. The number of carbonyl (C=O) groups excluding carboxylic acids is 1. The minimum Gasteiger partial charge on any atom is -0.366 e. The van der Waals surface area contributed by atoms with Gasteiger partial charge >= 0.3 is 6.18 Å². The first-order valence-electron chi connectivity index (χ1n) is 9.71. The van der Waals surface area contributed by atoms with E-state index in [2.05, 4.69) is 26.7 Å². The van der Waals surface area contributed by atoms with Gasteiger partial charge in [0.15, 0.2) is 0 Å². The Morgan fingerprint density at radius 3 is 2.77 bits per heavy atom. The van der Waals surface area contributed by atoms with Gasteiger partial charge in [-0.15, -0.1) is 11.3 Å². The Labute approximate surface area is 180 Å². The van der Waals surface area contributed by atoms with Crippen LogP contribution in [0.15, 0.2) is 29.8 Å². The number of thiophene rings is 1. The molecule has 1 aliphatic heterocycles. The first-order valence-corrected chi connectivity index (χ1v) is 10.6. The number of nitrogens with zero attached hydrogens (tertiary/aromatic N) is 2. The predicted molar refractivity (Wildman–Crippen MR) is 113 cm³/mol. The fraction of sp³-hybridized carbons (Fsp3) is 0.286. The minimum absolute atomic E-state index is 0.0561. The van der Waals surface area contributed by atoms with Crippen LogP contribution in [0.25, 0.3) is 10.6 Å². The second-order valence-electron chi connectivity index (χ2n) is 7.20. The molecule has 1 amide bonds. The number of alkyl halides is 3. The lowest BCUT2D eigenvalue weighted by atomic mass is 9.96. The van der Waals surface area contributed by atoms with Gasteiger partial charge in [-0.1, -0.05) is 13.0 Å². The highest BCUT2D eigenvalue weighted by molar-refractivity contribution is 7.13. The van der Waals surface area contributed by atoms with Gasteiger partial charge in [-0.3, -0.25) is 4.79 Å². The summed E-state index contributed by atoms with van der Waals surface area (Å²) < 4.78 is 40.7. The average molecular weight is 447 g/mol. The van der Waals surface area contributed by atoms with E-state index in [1.807, 2.05) is 13.0 Å². The summed E-state index contributed by atoms with van der Waals surface area (Å²) in [5.74, 6) is -0.653. The lowest BCUT2D eigenvalue weighted by molar-refractivity contribution is -0.137. The van der Waals surface area contributed by atoms with Crippen LogP contribution in [0.1, 0.15) is 39.5 Å². The Kier molecular flexibility index (Phi) is 5.67. The van der Waals surface area contributed by atoms with Crippen LogP contribution >= 0.6 is 11.3 Å². The Bertz CT molecular complexity index is 1140. The summed E-state index contributed by atoms with van der Waals surface area (Å²) in [6.07, 6.45) is -2.26. The van der Waals surface area contributed by atoms with E-state index in [0.29, 0.717) is 0 Å². The zero-order valence-electron chi connectivity index (χ0n) is 16.6. The summed E-state index contributed by atoms with van der Waals surface area (Å²) >= 11 is 0.977. The molecule has 3 heterocycles. The SMILES string of the molecule is CCc1cc2c(cc1Nc1ncc(C(F)(F)F)c(-c3cc(C(N)=O)cs3)n1)CCNC2. The summed E-state index contributed by atoms with van der Waals surface area (Å²) in [7, 11) is 0. The van der Waals surface area contributed by atoms with Gasteiger partial charge in [-0.05, 0) is 48.2 Å². The zero-order valence-corrected chi connectivity index (χ0v) is 17.5. The smallest absolute Gasteiger partial charge is 0.366 e. The van der Waals surface area contributed by atoms with Gasteiger partial charge in [-0.2, -0.15) is 13.2 Å². The molecule has 0 saturated heterocycles. The van der Waals surface area contributed by atoms with Crippen molar-refractivity contribution < 1.29 is 18.0 Å². The van der Waals surface area contributed by atoms with Crippen LogP contribution in [0.3, 0.4) is 0 Å². The van der Waals surface area contributed by atoms with Gasteiger partial charge in [0, 0.05) is 23.8 Å². The largest absolute Gasteiger partial charge is 0.420 e. The lowest BCUT2D eigenvalue weighted by Gasteiger charge is -2.21. The number of fused-ring (bicyclic) bond motifs is 1. The number of benzene rings is 1. The van der Waals surface area contributed by atoms with Crippen molar-refractivity contribution in [3.05, 3.63) is 57.6 Å². The second-order valence-corrected chi connectivity index (χ2v) is 8.11. The van der Waals surface area contributed by atoms with Crippen LogP contribution in [0, 0.1) is 0 Å². The fourth-order valence-corrected chi connectivity index (χ4v) is 4.44. The molecule has 1 aliphatic rings. The lowest BCUT2D eigenvalue weighted by Crippen LogP contribution is -2.24. The third-order valence-corrected chi connectivity index (χ3v) is 6.09. The number of primary amides is 1. The van der Waals surface area contributed by atoms with Crippen LogP contribution in [0.5, 0.6) is 0 Å². The second kappa shape index (κ2) is 8.27. The molecule has 4 rings (SSSR count). The van der Waals surface area contributed by atoms with Crippen molar-refractivity contribution in [2.75, 3.05) is 11.9 Å². The van der Waals surface area contributed by atoms with E-state index in [-0.39, 0.29) is 22.1 Å². The normalized spacial score (nSPS) is 13.7. The third kappa shape index (κ3) is 4.40. The van der Waals surface area contributed by atoms with Crippen molar-refractivity contribution in [3.8, 4) is 10.6 Å². The molecular weight excluding hydrogens is 427 g/mol. The topological polar surface area (TPSA) is 92.9 Å². The number of aromatic nitrogens is 2. The van der Waals surface area contributed by atoms with Crippen LogP contribution in [-0.2, 0) is 25.6 Å². The molecule has 4 N–H and O–H groups in total. The molecule has 10 heteroatoms. The number of nitrogens with one attached hydrogen (secondary N) is 2. The number of amides is 1. The molecule has 162 valence electrons. The van der Waals surface area contributed by atoms with Crippen LogP contribution in [-0.4, -0.2) is 22.4 Å². The van der Waals surface area contributed by atoms with Crippen molar-refractivity contribution in [1.82, 2.24) is 15.3 Å². The standard InChI is InChI=1S/C21H20F3N5OS/c1-2-11-5-13-8-26-4-3-12(13)6-16(11)28-20-27-9-15(21(22,23)24)18(29-20)17-7-14(10-31-17)19(25)30/h5-7,9-10,26H,2-4,8H2,1H3,(H2,25,30)(H,27,28,29). The maximum atomic E-state index is 13.6. The first-order chi connectivity index (χ1) is 14.8. The van der Waals surface area contributed by atoms with Crippen molar-refractivity contribution >= 4 is 28.9 Å². The molecule has 0 unspecified atom stereocenters. The van der Waals surface area contributed by atoms with Crippen molar-refractivity contribution in [1.29, 1.82) is 0 Å². The summed E-state index contributed by atoms with van der Waals surface area (Å²) in [5, 5.41) is 7.85. The van der Waals surface area contributed by atoms with Gasteiger partial charge in [0.2, 0.25) is 11.9 Å². The number of halogens is 3. The van der Waals surface area contributed by atoms with E-state index in [9.17, 15) is 18.0 Å². The van der Waals surface area contributed by atoms with E-state index >= 15 is 0 Å². The number of anilines is 2. The molecule has 0 bridgehead atoms. The van der Waals surface area contributed by atoms with E-state index in [4.69, 9.17) is 5.73 Å². The monoisotopic (exact) mass is 447 g/mol. The summed E-state index contributed by atoms with van der Waals surface area (Å²) in [6, 6.07) is 5.44. The number of rotatable bonds is 5. The number of hydrogen-bond donors (Lipinski definition) is 3. The Morgan fingerprint density at radius 2 is 2.10 bits per heavy atom. The number of hydrogen-bond acceptors (Lipinski definition) is 6. The van der Waals surface area contributed by atoms with Crippen molar-refractivity contribution in [2.45, 2.75) is 32.5 Å². The number of aryl methyl sites for hydroxylation is 1. The van der Waals surface area contributed by atoms with E-state index in [1.54, 1.807) is 0 Å². The highest BCUT2D eigenvalue weighted by atomic mass is 32.1. The van der Waals surface area contributed by atoms with Crippen LogP contribution in [0.2, 0.25) is 0 Å². The van der Waals surface area contributed by atoms with Gasteiger partial charge < -0.3 is 16.4 Å². The van der Waals surface area contributed by atoms with Gasteiger partial charge in [0.1, 0.15) is 5.56 Å². The van der Waals surface area contributed by atoms with E-state index < -0.39 is 17.6 Å². The molecular formula is C21H20F3N5OS. The fourth-order valence-electron chi connectivity index (χ4n) is 3.54. The molecule has 0 aliphatic carbocycles. The Balaban J connectivity index is 1.75. The van der Waals surface area contributed by atoms with Gasteiger partial charge in [-0.25, -0.2) is 9.97 Å². The molecule has 0 atom stereocenters. The van der Waals surface area contributed by atoms with Crippen molar-refractivity contribution in [2.24, 2.45) is 5.73 Å². The summed E-state index contributed by atoms with van der Waals surface area (Å²) in [5.41, 5.74) is 8.34. The van der Waals surface area contributed by atoms with Gasteiger partial charge in [0.25, 0.3) is 0 Å². The summed E-state index contributed by atoms with van der Waals surface area (Å²) in [4.78, 5) is 19.7. The molecule has 0 saturated carbocycles. The highest BCUT2D eigenvalue weighted by Crippen LogP contribution is 2.38. The molecule has 0 spiro atoms. The van der Waals surface area contributed by atoms with E-state index in [1.165, 1.54) is 22.6 Å². The molecule has 31 heavy (non-hydrogen) atoms. The van der Waals surface area contributed by atoms with Crippen LogP contribution < -0.4 is 16.4 Å². The maximum absolute atomic E-state index is 13.6. The van der Waals surface area contributed by atoms with Crippen LogP contribution in [0.4, 0.5) is 24.8 Å². The van der Waals surface area contributed by atoms with Gasteiger partial charge in [0.05, 0.1) is 16.1 Å². The first kappa shape index (κ1) is 21.3.